The van der Waals surface area contributed by atoms with Gasteiger partial charge in [0.2, 0.25) is 0 Å². The molecule has 0 aliphatic heterocycles. The van der Waals surface area contributed by atoms with Gasteiger partial charge in [0.1, 0.15) is 25.2 Å². The topological polar surface area (TPSA) is 44.8 Å². The average molecular weight is 328 g/mol. The van der Waals surface area contributed by atoms with Crippen LogP contribution in [0.25, 0.3) is 0 Å². The third-order valence-corrected chi connectivity index (χ3v) is 3.98. The predicted molar refractivity (Wildman–Crippen MR) is 94.5 cm³/mol. The summed E-state index contributed by atoms with van der Waals surface area (Å²) in [6.07, 6.45) is 1.85. The molecule has 2 aromatic carbocycles. The van der Waals surface area contributed by atoms with Crippen LogP contribution in [0.2, 0.25) is 0 Å². The van der Waals surface area contributed by atoms with Gasteiger partial charge in [-0.15, -0.1) is 0 Å². The average Bonchev–Trinajstić information content (AvgIpc) is 2.64. The van der Waals surface area contributed by atoms with Gasteiger partial charge in [-0.3, -0.25) is 4.79 Å². The molecule has 1 unspecified atom stereocenters. The van der Waals surface area contributed by atoms with Crippen molar-refractivity contribution in [2.45, 2.75) is 26.2 Å². The van der Waals surface area contributed by atoms with Crippen LogP contribution in [0.5, 0.6) is 17.2 Å². The summed E-state index contributed by atoms with van der Waals surface area (Å²) >= 11 is 0. The van der Waals surface area contributed by atoms with E-state index < -0.39 is 0 Å². The van der Waals surface area contributed by atoms with E-state index >= 15 is 0 Å². The summed E-state index contributed by atoms with van der Waals surface area (Å²) in [7, 11) is 1.55. The Labute approximate surface area is 143 Å². The maximum absolute atomic E-state index is 10.8. The summed E-state index contributed by atoms with van der Waals surface area (Å²) in [5.41, 5.74) is 1.77. The molecule has 1 atom stereocenters. The van der Waals surface area contributed by atoms with Crippen molar-refractivity contribution in [3.05, 3.63) is 53.6 Å². The van der Waals surface area contributed by atoms with Crippen LogP contribution in [0.4, 0.5) is 0 Å². The molecular formula is C20H24O4. The van der Waals surface area contributed by atoms with Crippen molar-refractivity contribution >= 4 is 6.29 Å². The van der Waals surface area contributed by atoms with Gasteiger partial charge in [0.05, 0.1) is 7.11 Å². The van der Waals surface area contributed by atoms with Gasteiger partial charge in [0, 0.05) is 5.56 Å². The van der Waals surface area contributed by atoms with Crippen LogP contribution in [0.1, 0.15) is 42.1 Å². The summed E-state index contributed by atoms with van der Waals surface area (Å²) < 4.78 is 16.8. The smallest absolute Gasteiger partial charge is 0.161 e. The molecule has 24 heavy (non-hydrogen) atoms. The number of rotatable bonds is 9. The fourth-order valence-electron chi connectivity index (χ4n) is 2.42. The van der Waals surface area contributed by atoms with Crippen molar-refractivity contribution in [3.63, 3.8) is 0 Å². The van der Waals surface area contributed by atoms with Crippen molar-refractivity contribution in [1.29, 1.82) is 0 Å². The van der Waals surface area contributed by atoms with E-state index in [1.807, 2.05) is 18.2 Å². The number of para-hydroxylation sites is 1. The van der Waals surface area contributed by atoms with Crippen molar-refractivity contribution in [2.75, 3.05) is 20.3 Å². The molecule has 4 heteroatoms. The van der Waals surface area contributed by atoms with Crippen LogP contribution in [0.3, 0.4) is 0 Å². The fourth-order valence-corrected chi connectivity index (χ4v) is 2.42. The van der Waals surface area contributed by atoms with E-state index in [2.05, 4.69) is 19.9 Å². The first kappa shape index (κ1) is 17.9. The quantitative estimate of drug-likeness (QED) is 0.503. The van der Waals surface area contributed by atoms with Crippen LogP contribution in [0, 0.1) is 0 Å². The van der Waals surface area contributed by atoms with Crippen LogP contribution in [-0.4, -0.2) is 26.6 Å². The minimum absolute atomic E-state index is 0.394. The lowest BCUT2D eigenvalue weighted by atomic mass is 9.98. The van der Waals surface area contributed by atoms with Crippen LogP contribution >= 0.6 is 0 Å². The number of hydrogen-bond donors (Lipinski definition) is 0. The molecule has 128 valence electrons. The molecule has 0 spiro atoms. The molecule has 0 bridgehead atoms. The number of aldehydes is 1. The first-order chi connectivity index (χ1) is 11.7. The van der Waals surface area contributed by atoms with Gasteiger partial charge in [-0.1, -0.05) is 32.0 Å². The molecule has 2 rings (SSSR count). The van der Waals surface area contributed by atoms with Crippen molar-refractivity contribution < 1.29 is 19.0 Å². The molecule has 4 nitrogen and oxygen atoms in total. The van der Waals surface area contributed by atoms with Crippen LogP contribution in [0.15, 0.2) is 42.5 Å². The van der Waals surface area contributed by atoms with Gasteiger partial charge in [-0.05, 0) is 42.2 Å². The van der Waals surface area contributed by atoms with E-state index in [0.717, 1.165) is 18.5 Å². The van der Waals surface area contributed by atoms with E-state index in [1.54, 1.807) is 25.3 Å². The van der Waals surface area contributed by atoms with Crippen LogP contribution < -0.4 is 14.2 Å². The van der Waals surface area contributed by atoms with E-state index in [0.29, 0.717) is 36.2 Å². The molecular weight excluding hydrogens is 304 g/mol. The third kappa shape index (κ3) is 4.51. The summed E-state index contributed by atoms with van der Waals surface area (Å²) in [4.78, 5) is 10.8. The van der Waals surface area contributed by atoms with E-state index in [-0.39, 0.29) is 0 Å². The SMILES string of the molecule is CCC(C)c1ccccc1OCCOc1ccc(C=O)cc1OC. The Bertz CT molecular complexity index is 666. The zero-order chi connectivity index (χ0) is 17.4. The zero-order valence-electron chi connectivity index (χ0n) is 14.5. The maximum atomic E-state index is 10.8. The third-order valence-electron chi connectivity index (χ3n) is 3.98. The molecule has 0 radical (unpaired) electrons. The minimum atomic E-state index is 0.394. The Balaban J connectivity index is 1.93. The Hall–Kier alpha value is -2.49. The lowest BCUT2D eigenvalue weighted by Crippen LogP contribution is -2.11. The lowest BCUT2D eigenvalue weighted by Gasteiger charge is -2.16. The maximum Gasteiger partial charge on any atom is 0.161 e. The summed E-state index contributed by atoms with van der Waals surface area (Å²) in [5.74, 6) is 2.50. The van der Waals surface area contributed by atoms with Crippen LogP contribution in [-0.2, 0) is 0 Å². The van der Waals surface area contributed by atoms with Gasteiger partial charge < -0.3 is 14.2 Å². The Kier molecular flexibility index (Phi) is 6.67. The first-order valence-corrected chi connectivity index (χ1v) is 8.17. The largest absolute Gasteiger partial charge is 0.493 e. The molecule has 0 aliphatic rings. The number of carbonyl (C=O) groups is 1. The summed E-state index contributed by atoms with van der Waals surface area (Å²) in [6, 6.07) is 13.2. The number of hydrogen-bond acceptors (Lipinski definition) is 4. The molecule has 0 saturated carbocycles. The Morgan fingerprint density at radius 3 is 2.38 bits per heavy atom. The molecule has 0 fully saturated rings. The highest BCUT2D eigenvalue weighted by Gasteiger charge is 2.10. The van der Waals surface area contributed by atoms with Crippen molar-refractivity contribution in [2.24, 2.45) is 0 Å². The van der Waals surface area contributed by atoms with Gasteiger partial charge in [0.15, 0.2) is 11.5 Å². The van der Waals surface area contributed by atoms with Gasteiger partial charge in [-0.25, -0.2) is 0 Å². The molecule has 0 aliphatic carbocycles. The zero-order valence-corrected chi connectivity index (χ0v) is 14.5. The molecule has 0 heterocycles. The Morgan fingerprint density at radius 1 is 1.00 bits per heavy atom. The minimum Gasteiger partial charge on any atom is -0.493 e. The predicted octanol–water partition coefficient (Wildman–Crippen LogP) is 4.48. The number of benzene rings is 2. The standard InChI is InChI=1S/C20H24O4/c1-4-15(2)17-7-5-6-8-18(17)23-11-12-24-19-10-9-16(14-21)13-20(19)22-3/h5-10,13-15H,4,11-12H2,1-3H3. The molecule has 0 aromatic heterocycles. The molecule has 0 amide bonds. The monoisotopic (exact) mass is 328 g/mol. The number of ether oxygens (including phenoxy) is 3. The second-order valence-electron chi connectivity index (χ2n) is 5.57. The normalized spacial score (nSPS) is 11.6. The Morgan fingerprint density at radius 2 is 1.71 bits per heavy atom. The first-order valence-electron chi connectivity index (χ1n) is 8.17. The highest BCUT2D eigenvalue weighted by atomic mass is 16.5. The fraction of sp³-hybridized carbons (Fsp3) is 0.350. The van der Waals surface area contributed by atoms with E-state index in [9.17, 15) is 4.79 Å². The second-order valence-corrected chi connectivity index (χ2v) is 5.57. The second kappa shape index (κ2) is 8.96. The summed E-state index contributed by atoms with van der Waals surface area (Å²) in [5, 5.41) is 0. The lowest BCUT2D eigenvalue weighted by molar-refractivity contribution is 0.112. The number of carbonyl (C=O) groups excluding carboxylic acids is 1. The molecule has 0 N–H and O–H groups in total. The van der Waals surface area contributed by atoms with Gasteiger partial charge >= 0.3 is 0 Å². The molecule has 0 saturated heterocycles. The van der Waals surface area contributed by atoms with Gasteiger partial charge in [0.25, 0.3) is 0 Å². The van der Waals surface area contributed by atoms with Crippen molar-refractivity contribution in [1.82, 2.24) is 0 Å². The number of methoxy groups -OCH3 is 1. The van der Waals surface area contributed by atoms with E-state index in [4.69, 9.17) is 14.2 Å². The van der Waals surface area contributed by atoms with E-state index in [1.165, 1.54) is 5.56 Å². The highest BCUT2D eigenvalue weighted by molar-refractivity contribution is 5.76. The van der Waals surface area contributed by atoms with Crippen molar-refractivity contribution in [3.8, 4) is 17.2 Å². The van der Waals surface area contributed by atoms with Gasteiger partial charge in [-0.2, -0.15) is 0 Å². The molecule has 2 aromatic rings. The highest BCUT2D eigenvalue weighted by Crippen LogP contribution is 2.29. The summed E-state index contributed by atoms with van der Waals surface area (Å²) in [6.45, 7) is 5.19.